The number of hydrogen-bond acceptors (Lipinski definition) is 10. The minimum atomic E-state index is -3.42. The van der Waals surface area contributed by atoms with Crippen LogP contribution in [0.15, 0.2) is 0 Å². The molecule has 10 nitrogen and oxygen atoms in total. The smallest absolute Gasteiger partial charge is 0.257 e. The van der Waals surface area contributed by atoms with Crippen molar-refractivity contribution in [3.8, 4) is 0 Å². The second-order valence-electron chi connectivity index (χ2n) is 5.89. The van der Waals surface area contributed by atoms with E-state index in [0.717, 1.165) is 13.8 Å². The summed E-state index contributed by atoms with van der Waals surface area (Å²) >= 11 is 0. The van der Waals surface area contributed by atoms with E-state index in [9.17, 15) is 44.7 Å². The van der Waals surface area contributed by atoms with Gasteiger partial charge in [0.1, 0.15) is 12.2 Å². The zero-order valence-corrected chi connectivity index (χ0v) is 13.5. The molecule has 1 heterocycles. The van der Waals surface area contributed by atoms with Crippen LogP contribution in [-0.4, -0.2) is 84.0 Å². The van der Waals surface area contributed by atoms with Gasteiger partial charge in [-0.15, -0.1) is 0 Å². The van der Waals surface area contributed by atoms with E-state index in [1.165, 1.54) is 0 Å². The lowest BCUT2D eigenvalue weighted by Gasteiger charge is -2.55. The number of hydrogen-bond donors (Lipinski definition) is 5. The van der Waals surface area contributed by atoms with Crippen molar-refractivity contribution < 1.29 is 49.4 Å². The molecular weight excluding hydrogens is 328 g/mol. The van der Waals surface area contributed by atoms with E-state index in [4.69, 9.17) is 4.74 Å². The quantitative estimate of drug-likeness (QED) is 0.336. The molecule has 0 radical (unpaired) electrons. The highest BCUT2D eigenvalue weighted by Gasteiger charge is 2.76. The van der Waals surface area contributed by atoms with Crippen molar-refractivity contribution in [2.24, 2.45) is 0 Å². The first-order valence-corrected chi connectivity index (χ1v) is 6.93. The van der Waals surface area contributed by atoms with E-state index < -0.39 is 58.4 Å². The largest absolute Gasteiger partial charge is 0.383 e. The van der Waals surface area contributed by atoms with Gasteiger partial charge in [-0.2, -0.15) is 0 Å². The molecule has 1 aliphatic heterocycles. The third-order valence-electron chi connectivity index (χ3n) is 4.35. The third-order valence-corrected chi connectivity index (χ3v) is 4.35. The van der Waals surface area contributed by atoms with Gasteiger partial charge in [-0.05, 0) is 20.8 Å². The van der Waals surface area contributed by atoms with Gasteiger partial charge in [-0.3, -0.25) is 19.2 Å². The maximum Gasteiger partial charge on any atom is 0.257 e. The predicted octanol–water partition coefficient (Wildman–Crippen LogP) is -3.39. The van der Waals surface area contributed by atoms with Gasteiger partial charge in [-0.25, -0.2) is 0 Å². The van der Waals surface area contributed by atoms with Crippen LogP contribution < -0.4 is 0 Å². The molecule has 0 aromatic rings. The minimum Gasteiger partial charge on any atom is -0.383 e. The van der Waals surface area contributed by atoms with Crippen LogP contribution in [0.25, 0.3) is 0 Å². The van der Waals surface area contributed by atoms with Gasteiger partial charge in [0.25, 0.3) is 5.79 Å². The van der Waals surface area contributed by atoms with Gasteiger partial charge in [0, 0.05) is 6.92 Å². The maximum absolute atomic E-state index is 12.0. The van der Waals surface area contributed by atoms with Crippen LogP contribution in [0, 0.1) is 0 Å². The van der Waals surface area contributed by atoms with Gasteiger partial charge >= 0.3 is 0 Å². The topological polar surface area (TPSA) is 179 Å². The van der Waals surface area contributed by atoms with Crippen molar-refractivity contribution in [3.05, 3.63) is 0 Å². The Labute approximate surface area is 136 Å². The molecule has 1 rings (SSSR count). The van der Waals surface area contributed by atoms with Gasteiger partial charge in [0.2, 0.25) is 0 Å². The minimum absolute atomic E-state index is 0.681. The van der Waals surface area contributed by atoms with Crippen molar-refractivity contribution in [1.82, 2.24) is 0 Å². The van der Waals surface area contributed by atoms with E-state index in [0.29, 0.717) is 13.8 Å². The summed E-state index contributed by atoms with van der Waals surface area (Å²) in [5.74, 6) is -8.32. The van der Waals surface area contributed by atoms with E-state index in [1.807, 2.05) is 0 Å². The maximum atomic E-state index is 12.0. The molecule has 136 valence electrons. The normalized spacial score (nSPS) is 40.7. The van der Waals surface area contributed by atoms with Crippen LogP contribution in [-0.2, 0) is 23.9 Å². The van der Waals surface area contributed by atoms with E-state index in [1.54, 1.807) is 0 Å². The number of ketones is 4. The summed E-state index contributed by atoms with van der Waals surface area (Å²) < 4.78 is 4.80. The first kappa shape index (κ1) is 20.5. The number of carbonyl (C=O) groups is 4. The number of aliphatic hydroxyl groups is 5. The Hall–Kier alpha value is -1.56. The molecule has 0 spiro atoms. The molecule has 0 amide bonds. The van der Waals surface area contributed by atoms with Crippen LogP contribution in [0.2, 0.25) is 0 Å². The van der Waals surface area contributed by atoms with Crippen molar-refractivity contribution >= 4 is 23.1 Å². The van der Waals surface area contributed by atoms with Crippen molar-refractivity contribution in [2.75, 3.05) is 0 Å². The lowest BCUT2D eigenvalue weighted by Crippen LogP contribution is -2.84. The molecule has 6 atom stereocenters. The Morgan fingerprint density at radius 3 is 1.58 bits per heavy atom. The van der Waals surface area contributed by atoms with Crippen molar-refractivity contribution in [1.29, 1.82) is 0 Å². The monoisotopic (exact) mass is 348 g/mol. The molecule has 1 fully saturated rings. The van der Waals surface area contributed by atoms with Crippen LogP contribution in [0.1, 0.15) is 27.7 Å². The van der Waals surface area contributed by atoms with Crippen LogP contribution in [0.5, 0.6) is 0 Å². The fourth-order valence-corrected chi connectivity index (χ4v) is 2.76. The molecule has 1 saturated heterocycles. The Balaban J connectivity index is 3.81. The van der Waals surface area contributed by atoms with Gasteiger partial charge < -0.3 is 30.3 Å². The molecule has 0 aliphatic carbocycles. The zero-order valence-electron chi connectivity index (χ0n) is 13.5. The third kappa shape index (κ3) is 2.42. The Morgan fingerprint density at radius 1 is 0.875 bits per heavy atom. The highest BCUT2D eigenvalue weighted by molar-refractivity contribution is 6.01. The van der Waals surface area contributed by atoms with Crippen LogP contribution in [0.3, 0.4) is 0 Å². The second kappa shape index (κ2) is 6.06. The highest BCUT2D eigenvalue weighted by Crippen LogP contribution is 2.44. The fourth-order valence-electron chi connectivity index (χ4n) is 2.76. The summed E-state index contributed by atoms with van der Waals surface area (Å²) in [4.78, 5) is 47.0. The Kier molecular flexibility index (Phi) is 5.17. The predicted molar refractivity (Wildman–Crippen MR) is 74.5 cm³/mol. The van der Waals surface area contributed by atoms with Crippen molar-refractivity contribution in [3.63, 3.8) is 0 Å². The number of aliphatic hydroxyl groups excluding tert-OH is 2. The molecule has 1 unspecified atom stereocenters. The number of rotatable bonds is 5. The molecule has 10 heteroatoms. The van der Waals surface area contributed by atoms with Gasteiger partial charge in [0.05, 0.1) is 0 Å². The molecule has 24 heavy (non-hydrogen) atoms. The molecule has 0 aromatic carbocycles. The average molecular weight is 348 g/mol. The van der Waals surface area contributed by atoms with E-state index in [2.05, 4.69) is 0 Å². The summed E-state index contributed by atoms with van der Waals surface area (Å²) in [6, 6.07) is 0. The lowest BCUT2D eigenvalue weighted by molar-refractivity contribution is -0.371. The first-order chi connectivity index (χ1) is 10.7. The molecule has 0 saturated carbocycles. The molecule has 0 bridgehead atoms. The SMILES string of the molecule is CC(=O)C(O)[C@H]1O[C@](O)(C(C)=O)[C@@H](O)[C@](O)(C(C)=O)[C@@]1(O)C(C)=O. The lowest BCUT2D eigenvalue weighted by atomic mass is 9.64. The van der Waals surface area contributed by atoms with E-state index in [-0.39, 0.29) is 0 Å². The summed E-state index contributed by atoms with van der Waals surface area (Å²) in [6.45, 7) is 2.97. The number of Topliss-reactive ketones (excluding diaryl/α,β-unsaturated/α-hetero) is 4. The van der Waals surface area contributed by atoms with Crippen molar-refractivity contribution in [2.45, 2.75) is 63.0 Å². The number of ether oxygens (including phenoxy) is 1. The van der Waals surface area contributed by atoms with Gasteiger partial charge in [0.15, 0.2) is 40.4 Å². The first-order valence-electron chi connectivity index (χ1n) is 6.93. The summed E-state index contributed by atoms with van der Waals surface area (Å²) in [7, 11) is 0. The molecule has 5 N–H and O–H groups in total. The summed E-state index contributed by atoms with van der Waals surface area (Å²) in [5, 5.41) is 51.6. The summed E-state index contributed by atoms with van der Waals surface area (Å²) in [5.41, 5.74) is -6.72. The molecular formula is C14H20O10. The highest BCUT2D eigenvalue weighted by atomic mass is 16.7. The van der Waals surface area contributed by atoms with Gasteiger partial charge in [-0.1, -0.05) is 0 Å². The molecule has 0 aromatic heterocycles. The molecule has 1 aliphatic rings. The van der Waals surface area contributed by atoms with Crippen LogP contribution >= 0.6 is 0 Å². The van der Waals surface area contributed by atoms with E-state index >= 15 is 0 Å². The Bertz CT molecular complexity index is 582. The second-order valence-corrected chi connectivity index (χ2v) is 5.89. The Morgan fingerprint density at radius 2 is 1.29 bits per heavy atom. The van der Waals surface area contributed by atoms with Crippen LogP contribution in [0.4, 0.5) is 0 Å². The summed E-state index contributed by atoms with van der Waals surface area (Å²) in [6.07, 6.45) is -7.44. The zero-order chi connectivity index (χ0) is 19.2. The average Bonchev–Trinajstić information content (AvgIpc) is 2.47. The number of carbonyl (C=O) groups excluding carboxylic acids is 4. The fraction of sp³-hybridized carbons (Fsp3) is 0.714. The standard InChI is InChI=1S/C14H20O10/c1-5(15)9(19)10-12(21,6(2)16)13(22,7(3)17)11(20)14(23,24-10)8(4)18/h9-11,19-23H,1-4H3/t9?,10-,11+,12-,13-,14-/m1/s1.